The summed E-state index contributed by atoms with van der Waals surface area (Å²) in [5.74, 6) is -2.43. The summed E-state index contributed by atoms with van der Waals surface area (Å²) in [4.78, 5) is 17.0. The largest absolute Gasteiger partial charge is 0.481 e. The quantitative estimate of drug-likeness (QED) is 0.558. The fraction of sp³-hybridized carbons (Fsp3) is 0.240. The predicted octanol–water partition coefficient (Wildman–Crippen LogP) is 1.70. The Hall–Kier alpha value is -3.93. The van der Waals surface area contributed by atoms with E-state index in [1.807, 2.05) is 6.07 Å². The molecule has 33 heavy (non-hydrogen) atoms. The van der Waals surface area contributed by atoms with Gasteiger partial charge >= 0.3 is 0 Å². The number of nitrogens with zero attached hydrogens (tertiary/aromatic N) is 2. The molecule has 0 radical (unpaired) electrons. The van der Waals surface area contributed by atoms with Crippen LogP contribution < -0.4 is 15.2 Å². The van der Waals surface area contributed by atoms with Crippen LogP contribution in [0.25, 0.3) is 0 Å². The van der Waals surface area contributed by atoms with E-state index in [2.05, 4.69) is 11.1 Å². The number of ether oxygens (including phenoxy) is 2. The van der Waals surface area contributed by atoms with Crippen LogP contribution in [0, 0.1) is 17.2 Å². The second kappa shape index (κ2) is 7.30. The molecule has 166 valence electrons. The molecule has 1 aliphatic heterocycles. The maximum atomic E-state index is 12.7. The summed E-state index contributed by atoms with van der Waals surface area (Å²) < 4.78 is 11.7. The Morgan fingerprint density at radius 3 is 2.45 bits per heavy atom. The standard InChI is InChI=1S/C25H21N3O5/c1-32-18-12-11-17-23(28-18)33-25(16-9-7-14(13-26)8-10-16)20(15-5-3-2-4-6-15)19(22(27)30)21(29)24(17,25)31/h2-12,19-21,29,31H,1H3,(H2,27,30)/t19-,20-,21-,24+,25+/m1/s1. The number of nitriles is 1. The highest BCUT2D eigenvalue weighted by Gasteiger charge is 2.77. The minimum Gasteiger partial charge on any atom is -0.481 e. The Labute approximate surface area is 189 Å². The number of nitrogens with two attached hydrogens (primary N) is 1. The van der Waals surface area contributed by atoms with E-state index in [4.69, 9.17) is 15.2 Å². The third-order valence-corrected chi connectivity index (χ3v) is 6.77. The van der Waals surface area contributed by atoms with Gasteiger partial charge in [-0.05, 0) is 29.3 Å². The van der Waals surface area contributed by atoms with Crippen molar-refractivity contribution in [3.05, 3.63) is 89.0 Å². The molecule has 8 nitrogen and oxygen atoms in total. The van der Waals surface area contributed by atoms with Crippen LogP contribution in [0.1, 0.15) is 28.2 Å². The number of carbonyl (C=O) groups is 1. The molecule has 1 aliphatic carbocycles. The number of fused-ring (bicyclic) bond motifs is 3. The molecule has 0 spiro atoms. The van der Waals surface area contributed by atoms with Crippen LogP contribution in [-0.4, -0.2) is 34.3 Å². The Kier molecular flexibility index (Phi) is 4.64. The SMILES string of the molecule is COc1ccc2c(n1)O[C@@]1(c3ccc(C#N)cc3)[C@H](c3ccccc3)[C@@H](C(N)=O)[C@@H](O)[C@@]21O. The topological polar surface area (TPSA) is 139 Å². The first-order chi connectivity index (χ1) is 15.9. The van der Waals surface area contributed by atoms with Gasteiger partial charge in [0.1, 0.15) is 6.10 Å². The van der Waals surface area contributed by atoms with Gasteiger partial charge in [-0.25, -0.2) is 0 Å². The number of hydrogen-bond acceptors (Lipinski definition) is 7. The van der Waals surface area contributed by atoms with E-state index >= 15 is 0 Å². The second-order valence-electron chi connectivity index (χ2n) is 8.26. The monoisotopic (exact) mass is 443 g/mol. The summed E-state index contributed by atoms with van der Waals surface area (Å²) in [6.45, 7) is 0. The molecule has 0 saturated heterocycles. The average molecular weight is 443 g/mol. The zero-order valence-corrected chi connectivity index (χ0v) is 17.7. The Bertz CT molecular complexity index is 1270. The lowest BCUT2D eigenvalue weighted by Crippen LogP contribution is -2.52. The van der Waals surface area contributed by atoms with Crippen molar-refractivity contribution in [1.29, 1.82) is 5.26 Å². The van der Waals surface area contributed by atoms with E-state index in [1.165, 1.54) is 7.11 Å². The number of primary amides is 1. The van der Waals surface area contributed by atoms with Crippen molar-refractivity contribution in [2.45, 2.75) is 23.2 Å². The van der Waals surface area contributed by atoms with E-state index in [0.29, 0.717) is 16.7 Å². The number of rotatable bonds is 4. The first kappa shape index (κ1) is 20.9. The number of amides is 1. The van der Waals surface area contributed by atoms with Gasteiger partial charge in [0.25, 0.3) is 0 Å². The molecular weight excluding hydrogens is 422 g/mol. The third-order valence-electron chi connectivity index (χ3n) is 6.77. The van der Waals surface area contributed by atoms with E-state index in [9.17, 15) is 20.3 Å². The number of methoxy groups -OCH3 is 1. The molecule has 1 fully saturated rings. The van der Waals surface area contributed by atoms with Crippen molar-refractivity contribution in [2.75, 3.05) is 7.11 Å². The van der Waals surface area contributed by atoms with Crippen molar-refractivity contribution < 1.29 is 24.5 Å². The summed E-state index contributed by atoms with van der Waals surface area (Å²) in [5, 5.41) is 33.0. The van der Waals surface area contributed by atoms with Crippen molar-refractivity contribution >= 4 is 5.91 Å². The van der Waals surface area contributed by atoms with Crippen molar-refractivity contribution in [2.24, 2.45) is 11.7 Å². The highest BCUT2D eigenvalue weighted by molar-refractivity contribution is 5.81. The van der Waals surface area contributed by atoms with Gasteiger partial charge in [-0.2, -0.15) is 10.2 Å². The van der Waals surface area contributed by atoms with Gasteiger partial charge in [0.15, 0.2) is 11.2 Å². The molecule has 0 unspecified atom stereocenters. The zero-order valence-electron chi connectivity index (χ0n) is 17.7. The van der Waals surface area contributed by atoms with Crippen LogP contribution in [0.15, 0.2) is 66.7 Å². The number of aliphatic hydroxyl groups is 2. The van der Waals surface area contributed by atoms with Crippen LogP contribution in [0.4, 0.5) is 0 Å². The molecule has 4 N–H and O–H groups in total. The molecule has 5 atom stereocenters. The first-order valence-electron chi connectivity index (χ1n) is 10.4. The summed E-state index contributed by atoms with van der Waals surface area (Å²) in [6.07, 6.45) is -1.59. The van der Waals surface area contributed by atoms with Gasteiger partial charge in [-0.3, -0.25) is 4.79 Å². The molecular formula is C25H21N3O5. The van der Waals surface area contributed by atoms with Crippen molar-refractivity contribution in [3.63, 3.8) is 0 Å². The van der Waals surface area contributed by atoms with Crippen LogP contribution >= 0.6 is 0 Å². The van der Waals surface area contributed by atoms with Crippen LogP contribution in [0.3, 0.4) is 0 Å². The molecule has 3 aromatic rings. The number of benzene rings is 2. The van der Waals surface area contributed by atoms with Crippen molar-refractivity contribution in [1.82, 2.24) is 4.98 Å². The number of aliphatic hydroxyl groups excluding tert-OH is 1. The summed E-state index contributed by atoms with van der Waals surface area (Å²) >= 11 is 0. The lowest BCUT2D eigenvalue weighted by atomic mass is 9.70. The normalized spacial score (nSPS) is 29.5. The third kappa shape index (κ3) is 2.64. The molecule has 2 aromatic carbocycles. The number of aromatic nitrogens is 1. The molecule has 2 heterocycles. The minimum atomic E-state index is -2.06. The molecule has 2 aliphatic rings. The molecule has 8 heteroatoms. The maximum Gasteiger partial charge on any atom is 0.224 e. The zero-order chi connectivity index (χ0) is 23.4. The highest BCUT2D eigenvalue weighted by Crippen LogP contribution is 2.68. The van der Waals surface area contributed by atoms with E-state index < -0.39 is 35.0 Å². The summed E-state index contributed by atoms with van der Waals surface area (Å²) in [7, 11) is 1.46. The van der Waals surface area contributed by atoms with Crippen LogP contribution in [0.5, 0.6) is 11.8 Å². The van der Waals surface area contributed by atoms with E-state index in [0.717, 1.165) is 0 Å². The predicted molar refractivity (Wildman–Crippen MR) is 116 cm³/mol. The van der Waals surface area contributed by atoms with Gasteiger partial charge < -0.3 is 25.4 Å². The van der Waals surface area contributed by atoms with Gasteiger partial charge in [-0.15, -0.1) is 0 Å². The molecule has 0 bridgehead atoms. The van der Waals surface area contributed by atoms with Crippen LogP contribution in [-0.2, 0) is 16.0 Å². The minimum absolute atomic E-state index is 0.0871. The summed E-state index contributed by atoms with van der Waals surface area (Å²) in [5.41, 5.74) is 3.83. The number of pyridine rings is 1. The highest BCUT2D eigenvalue weighted by atomic mass is 16.5. The average Bonchev–Trinajstić information content (AvgIpc) is 3.22. The Balaban J connectivity index is 1.85. The summed E-state index contributed by atoms with van der Waals surface area (Å²) in [6, 6.07) is 20.7. The van der Waals surface area contributed by atoms with E-state index in [1.54, 1.807) is 60.7 Å². The lowest BCUT2D eigenvalue weighted by molar-refractivity contribution is -0.153. The van der Waals surface area contributed by atoms with Gasteiger partial charge in [0.2, 0.25) is 17.7 Å². The fourth-order valence-corrected chi connectivity index (χ4v) is 5.38. The molecule has 1 aromatic heterocycles. The Morgan fingerprint density at radius 2 is 1.85 bits per heavy atom. The molecule has 1 saturated carbocycles. The second-order valence-corrected chi connectivity index (χ2v) is 8.26. The van der Waals surface area contributed by atoms with Gasteiger partial charge in [0, 0.05) is 12.0 Å². The van der Waals surface area contributed by atoms with Gasteiger partial charge in [0.05, 0.1) is 30.2 Å². The lowest BCUT2D eigenvalue weighted by Gasteiger charge is -2.40. The molecule has 5 rings (SSSR count). The van der Waals surface area contributed by atoms with Crippen molar-refractivity contribution in [3.8, 4) is 17.8 Å². The number of carbonyl (C=O) groups excluding carboxylic acids is 1. The van der Waals surface area contributed by atoms with Gasteiger partial charge in [-0.1, -0.05) is 42.5 Å². The smallest absolute Gasteiger partial charge is 0.224 e. The Morgan fingerprint density at radius 1 is 1.15 bits per heavy atom. The maximum absolute atomic E-state index is 12.7. The fourth-order valence-electron chi connectivity index (χ4n) is 5.38. The number of hydrogen-bond donors (Lipinski definition) is 3. The van der Waals surface area contributed by atoms with Crippen LogP contribution in [0.2, 0.25) is 0 Å². The van der Waals surface area contributed by atoms with E-state index in [-0.39, 0.29) is 17.3 Å². The molecule has 1 amide bonds. The first-order valence-corrected chi connectivity index (χ1v) is 10.4.